The van der Waals surface area contributed by atoms with E-state index in [4.69, 9.17) is 21.4 Å². The largest absolute Gasteiger partial charge is 0.490 e. The van der Waals surface area contributed by atoms with Gasteiger partial charge in [0.25, 0.3) is 0 Å². The highest BCUT2D eigenvalue weighted by Crippen LogP contribution is 2.13. The van der Waals surface area contributed by atoms with E-state index in [2.05, 4.69) is 9.97 Å². The summed E-state index contributed by atoms with van der Waals surface area (Å²) in [6.07, 6.45) is -2.41. The van der Waals surface area contributed by atoms with Crippen molar-refractivity contribution in [2.24, 2.45) is 11.5 Å². The van der Waals surface area contributed by atoms with Gasteiger partial charge in [-0.2, -0.15) is 13.2 Å². The van der Waals surface area contributed by atoms with E-state index in [9.17, 15) is 22.8 Å². The lowest BCUT2D eigenvalue weighted by Crippen LogP contribution is -2.21. The normalized spacial score (nSPS) is 10.6. The van der Waals surface area contributed by atoms with Gasteiger partial charge in [-0.1, -0.05) is 0 Å². The van der Waals surface area contributed by atoms with Crippen molar-refractivity contribution in [2.45, 2.75) is 6.18 Å². The number of hydrogen-bond donors (Lipinski definition) is 3. The highest BCUT2D eigenvalue weighted by molar-refractivity contribution is 5.98. The summed E-state index contributed by atoms with van der Waals surface area (Å²) in [4.78, 5) is 38.6. The first-order valence-electron chi connectivity index (χ1n) is 5.68. The van der Waals surface area contributed by atoms with Crippen molar-refractivity contribution >= 4 is 28.8 Å². The van der Waals surface area contributed by atoms with Crippen molar-refractivity contribution in [1.82, 2.24) is 9.97 Å². The number of carbonyl (C=O) groups excluding carboxylic acids is 2. The summed E-state index contributed by atoms with van der Waals surface area (Å²) in [5.74, 6) is -3.93. The third-order valence-electron chi connectivity index (χ3n) is 2.34. The lowest BCUT2D eigenvalue weighted by molar-refractivity contribution is -0.192. The van der Waals surface area contributed by atoms with Crippen molar-refractivity contribution in [3.8, 4) is 0 Å². The number of carbonyl (C=O) groups is 3. The number of primary amides is 2. The van der Waals surface area contributed by atoms with Gasteiger partial charge in [-0.15, -0.1) is 0 Å². The number of nitrogens with zero attached hydrogens (tertiary/aromatic N) is 2. The molecule has 0 fully saturated rings. The Balaban J connectivity index is 0.000000322. The molecule has 2 amide bonds. The van der Waals surface area contributed by atoms with Crippen LogP contribution in [0.1, 0.15) is 20.7 Å². The maximum absolute atomic E-state index is 10.9. The SMILES string of the molecule is NC(=O)c1cnc2ncc(C(N)=O)cc2c1.O=C(O)C(F)(F)F. The number of halogens is 3. The first-order valence-corrected chi connectivity index (χ1v) is 5.68. The van der Waals surface area contributed by atoms with Crippen LogP contribution in [0.3, 0.4) is 0 Å². The fourth-order valence-corrected chi connectivity index (χ4v) is 1.29. The molecule has 5 N–H and O–H groups in total. The van der Waals surface area contributed by atoms with Crippen LogP contribution in [0.4, 0.5) is 13.2 Å². The van der Waals surface area contributed by atoms with Gasteiger partial charge < -0.3 is 16.6 Å². The molecule has 11 heteroatoms. The topological polar surface area (TPSA) is 149 Å². The van der Waals surface area contributed by atoms with Gasteiger partial charge in [0.1, 0.15) is 0 Å². The number of carboxylic acid groups (broad SMARTS) is 1. The average Bonchev–Trinajstić information content (AvgIpc) is 2.45. The molecule has 8 nitrogen and oxygen atoms in total. The summed E-state index contributed by atoms with van der Waals surface area (Å²) >= 11 is 0. The lowest BCUT2D eigenvalue weighted by atomic mass is 10.1. The first-order chi connectivity index (χ1) is 10.5. The van der Waals surface area contributed by atoms with Crippen LogP contribution in [0.25, 0.3) is 11.0 Å². The molecule has 2 aromatic heterocycles. The molecule has 122 valence electrons. The summed E-state index contributed by atoms with van der Waals surface area (Å²) in [6.45, 7) is 0. The molecule has 0 saturated heterocycles. The fraction of sp³-hybridized carbons (Fsp3) is 0.0833. The molecule has 0 aromatic carbocycles. The van der Waals surface area contributed by atoms with Crippen molar-refractivity contribution in [1.29, 1.82) is 0 Å². The van der Waals surface area contributed by atoms with E-state index in [1.54, 1.807) is 0 Å². The Kier molecular flexibility index (Phi) is 5.17. The lowest BCUT2D eigenvalue weighted by Gasteiger charge is -2.00. The van der Waals surface area contributed by atoms with Crippen molar-refractivity contribution in [2.75, 3.05) is 0 Å². The Morgan fingerprint density at radius 2 is 1.30 bits per heavy atom. The van der Waals surface area contributed by atoms with Crippen LogP contribution in [0.2, 0.25) is 0 Å². The van der Waals surface area contributed by atoms with Gasteiger partial charge in [0.2, 0.25) is 11.8 Å². The molecule has 0 aliphatic rings. The quantitative estimate of drug-likeness (QED) is 0.728. The van der Waals surface area contributed by atoms with E-state index >= 15 is 0 Å². The zero-order chi connectivity index (χ0) is 17.8. The third kappa shape index (κ3) is 4.91. The van der Waals surface area contributed by atoms with Gasteiger partial charge >= 0.3 is 12.1 Å². The van der Waals surface area contributed by atoms with Gasteiger partial charge in [0.15, 0.2) is 5.65 Å². The van der Waals surface area contributed by atoms with Crippen LogP contribution in [-0.2, 0) is 4.79 Å². The minimum Gasteiger partial charge on any atom is -0.475 e. The summed E-state index contributed by atoms with van der Waals surface area (Å²) in [7, 11) is 0. The van der Waals surface area contributed by atoms with Crippen molar-refractivity contribution in [3.05, 3.63) is 35.7 Å². The summed E-state index contributed by atoms with van der Waals surface area (Å²) < 4.78 is 31.7. The van der Waals surface area contributed by atoms with E-state index in [0.717, 1.165) is 0 Å². The van der Waals surface area contributed by atoms with Gasteiger partial charge in [-0.25, -0.2) is 14.8 Å². The van der Waals surface area contributed by atoms with Gasteiger partial charge in [-0.05, 0) is 12.1 Å². The van der Waals surface area contributed by atoms with Gasteiger partial charge in [-0.3, -0.25) is 9.59 Å². The highest BCUT2D eigenvalue weighted by atomic mass is 19.4. The van der Waals surface area contributed by atoms with Gasteiger partial charge in [0, 0.05) is 17.8 Å². The molecule has 2 rings (SSSR count). The molecule has 0 saturated carbocycles. The second kappa shape index (κ2) is 6.68. The molecule has 0 unspecified atom stereocenters. The van der Waals surface area contributed by atoms with E-state index in [0.29, 0.717) is 11.0 Å². The monoisotopic (exact) mass is 330 g/mol. The molecule has 0 spiro atoms. The number of rotatable bonds is 2. The molecular formula is C12H9F3N4O4. The van der Waals surface area contributed by atoms with E-state index < -0.39 is 24.0 Å². The van der Waals surface area contributed by atoms with E-state index in [1.165, 1.54) is 24.5 Å². The Morgan fingerprint density at radius 1 is 0.957 bits per heavy atom. The number of carboxylic acids is 1. The molecule has 2 aromatic rings. The number of aliphatic carboxylic acids is 1. The summed E-state index contributed by atoms with van der Waals surface area (Å²) in [5.41, 5.74) is 11.2. The Bertz CT molecular complexity index is 728. The van der Waals surface area contributed by atoms with Crippen LogP contribution in [-0.4, -0.2) is 39.0 Å². The predicted molar refractivity (Wildman–Crippen MR) is 70.3 cm³/mol. The first kappa shape index (κ1) is 17.8. The number of nitrogens with two attached hydrogens (primary N) is 2. The maximum Gasteiger partial charge on any atom is 0.490 e. The number of hydrogen-bond acceptors (Lipinski definition) is 5. The van der Waals surface area contributed by atoms with Crippen LogP contribution in [0.5, 0.6) is 0 Å². The minimum atomic E-state index is -5.08. The van der Waals surface area contributed by atoms with Crippen molar-refractivity contribution in [3.63, 3.8) is 0 Å². The maximum atomic E-state index is 10.9. The Hall–Kier alpha value is -3.24. The molecule has 0 aliphatic carbocycles. The molecule has 0 radical (unpaired) electrons. The smallest absolute Gasteiger partial charge is 0.475 e. The summed E-state index contributed by atoms with van der Waals surface area (Å²) in [6, 6.07) is 3.04. The molecule has 0 atom stereocenters. The highest BCUT2D eigenvalue weighted by Gasteiger charge is 2.38. The third-order valence-corrected chi connectivity index (χ3v) is 2.34. The van der Waals surface area contributed by atoms with Crippen LogP contribution in [0, 0.1) is 0 Å². The van der Waals surface area contributed by atoms with Crippen LogP contribution >= 0.6 is 0 Å². The van der Waals surface area contributed by atoms with Gasteiger partial charge in [0.05, 0.1) is 11.1 Å². The Morgan fingerprint density at radius 3 is 1.57 bits per heavy atom. The predicted octanol–water partition coefficient (Wildman–Crippen LogP) is 0.461. The molecule has 23 heavy (non-hydrogen) atoms. The van der Waals surface area contributed by atoms with E-state index in [-0.39, 0.29) is 11.1 Å². The average molecular weight is 330 g/mol. The van der Waals surface area contributed by atoms with Crippen LogP contribution in [0.15, 0.2) is 24.5 Å². The number of alkyl halides is 3. The molecule has 0 aliphatic heterocycles. The van der Waals surface area contributed by atoms with Crippen molar-refractivity contribution < 1.29 is 32.7 Å². The zero-order valence-electron chi connectivity index (χ0n) is 11.2. The molecule has 0 bridgehead atoms. The second-order valence-electron chi connectivity index (χ2n) is 4.03. The number of amides is 2. The number of fused-ring (bicyclic) bond motifs is 1. The Labute approximate surface area is 125 Å². The summed E-state index contributed by atoms with van der Waals surface area (Å²) in [5, 5.41) is 7.67. The van der Waals surface area contributed by atoms with E-state index in [1.807, 2.05) is 0 Å². The van der Waals surface area contributed by atoms with Crippen LogP contribution < -0.4 is 11.5 Å². The number of pyridine rings is 2. The molecular weight excluding hydrogens is 321 g/mol. The fourth-order valence-electron chi connectivity index (χ4n) is 1.29. The minimum absolute atomic E-state index is 0.260. The molecule has 2 heterocycles. The zero-order valence-corrected chi connectivity index (χ0v) is 11.2. The standard InChI is InChI=1S/C10H8N4O2.C2HF3O2/c11-8(15)6-1-5-2-7(9(12)16)4-14-10(5)13-3-6;3-2(4,5)1(6)7/h1-4H,(H2,11,15)(H2,12,16);(H,6,7). The number of aromatic nitrogens is 2. The second-order valence-corrected chi connectivity index (χ2v) is 4.03.